The maximum atomic E-state index is 5.26. The second-order valence-electron chi connectivity index (χ2n) is 3.48. The molecule has 8 heteroatoms. The number of nitrogens with two attached hydrogens (primary N) is 1. The number of hydrogen-bond donors (Lipinski definition) is 3. The average Bonchev–Trinajstić information content (AvgIpc) is 2.38. The number of nitrogen functional groups attached to an aromatic ring is 1. The first-order valence-corrected chi connectivity index (χ1v) is 6.00. The van der Waals surface area contributed by atoms with Gasteiger partial charge in [-0.15, -0.1) is 0 Å². The van der Waals surface area contributed by atoms with Gasteiger partial charge in [0.2, 0.25) is 5.95 Å². The van der Waals surface area contributed by atoms with Crippen LogP contribution in [0.25, 0.3) is 0 Å². The summed E-state index contributed by atoms with van der Waals surface area (Å²) in [7, 11) is 0. The lowest BCUT2D eigenvalue weighted by atomic mass is 10.4. The summed E-state index contributed by atoms with van der Waals surface area (Å²) in [4.78, 5) is 16.5. The Hall–Kier alpha value is -1.80. The molecule has 0 saturated heterocycles. The molecule has 0 saturated carbocycles. The van der Waals surface area contributed by atoms with Crippen LogP contribution in [0.2, 0.25) is 0 Å². The van der Waals surface area contributed by atoms with Crippen molar-refractivity contribution in [2.24, 2.45) is 5.84 Å². The van der Waals surface area contributed by atoms with Gasteiger partial charge in [-0.25, -0.2) is 20.8 Å². The molecule has 0 unspecified atom stereocenters. The van der Waals surface area contributed by atoms with E-state index in [-0.39, 0.29) is 0 Å². The normalized spacial score (nSPS) is 10.2. The van der Waals surface area contributed by atoms with Crippen molar-refractivity contribution in [3.05, 3.63) is 34.5 Å². The second-order valence-corrected chi connectivity index (χ2v) is 4.34. The molecule has 2 rings (SSSR count). The molecule has 2 heterocycles. The molecule has 0 bridgehead atoms. The highest BCUT2D eigenvalue weighted by molar-refractivity contribution is 9.10. The van der Waals surface area contributed by atoms with E-state index < -0.39 is 0 Å². The smallest absolute Gasteiger partial charge is 0.239 e. The predicted octanol–water partition coefficient (Wildman–Crippen LogP) is 1.24. The van der Waals surface area contributed by atoms with E-state index in [1.807, 2.05) is 13.0 Å². The van der Waals surface area contributed by atoms with Crippen LogP contribution < -0.4 is 16.6 Å². The number of anilines is 2. The van der Waals surface area contributed by atoms with Gasteiger partial charge < -0.3 is 5.32 Å². The Morgan fingerprint density at radius 3 is 2.89 bits per heavy atom. The standard InChI is InChI=1S/C10H12BrN7/c1-6-13-3-2-7(16-6)4-14-9-8(11)5-15-10(17-9)18-12/h2-3,5H,4,12H2,1H3,(H2,14,15,17,18). The maximum absolute atomic E-state index is 5.26. The summed E-state index contributed by atoms with van der Waals surface area (Å²) in [6.45, 7) is 2.39. The molecular formula is C10H12BrN7. The fraction of sp³-hybridized carbons (Fsp3) is 0.200. The zero-order valence-electron chi connectivity index (χ0n) is 9.68. The summed E-state index contributed by atoms with van der Waals surface area (Å²) >= 11 is 3.36. The van der Waals surface area contributed by atoms with Crippen LogP contribution in [0.4, 0.5) is 11.8 Å². The molecule has 0 aliphatic heterocycles. The van der Waals surface area contributed by atoms with Crippen LogP contribution in [-0.4, -0.2) is 19.9 Å². The van der Waals surface area contributed by atoms with Gasteiger partial charge in [0.1, 0.15) is 11.6 Å². The lowest BCUT2D eigenvalue weighted by Crippen LogP contribution is -2.12. The van der Waals surface area contributed by atoms with Crippen molar-refractivity contribution < 1.29 is 0 Å². The first-order chi connectivity index (χ1) is 8.69. The monoisotopic (exact) mass is 309 g/mol. The summed E-state index contributed by atoms with van der Waals surface area (Å²) in [6.07, 6.45) is 3.34. The van der Waals surface area contributed by atoms with Gasteiger partial charge in [-0.2, -0.15) is 4.98 Å². The molecule has 2 aromatic heterocycles. The Morgan fingerprint density at radius 2 is 2.17 bits per heavy atom. The van der Waals surface area contributed by atoms with Crippen LogP contribution in [0.3, 0.4) is 0 Å². The van der Waals surface area contributed by atoms with Gasteiger partial charge in [0, 0.05) is 12.4 Å². The van der Waals surface area contributed by atoms with Crippen LogP contribution in [0, 0.1) is 6.92 Å². The molecule has 0 fully saturated rings. The molecule has 0 radical (unpaired) electrons. The minimum atomic E-state index is 0.347. The molecular weight excluding hydrogens is 298 g/mol. The van der Waals surface area contributed by atoms with Crippen LogP contribution in [0.15, 0.2) is 22.9 Å². The van der Waals surface area contributed by atoms with E-state index in [2.05, 4.69) is 46.6 Å². The van der Waals surface area contributed by atoms with Crippen molar-refractivity contribution in [3.8, 4) is 0 Å². The van der Waals surface area contributed by atoms with Crippen molar-refractivity contribution in [2.45, 2.75) is 13.5 Å². The minimum absolute atomic E-state index is 0.347. The third-order valence-electron chi connectivity index (χ3n) is 2.14. The van der Waals surface area contributed by atoms with E-state index in [4.69, 9.17) is 5.84 Å². The van der Waals surface area contributed by atoms with Crippen LogP contribution in [0.5, 0.6) is 0 Å². The van der Waals surface area contributed by atoms with Crippen molar-refractivity contribution in [1.82, 2.24) is 19.9 Å². The van der Waals surface area contributed by atoms with Crippen LogP contribution >= 0.6 is 15.9 Å². The highest BCUT2D eigenvalue weighted by atomic mass is 79.9. The molecule has 0 amide bonds. The Bertz CT molecular complexity index is 545. The second kappa shape index (κ2) is 5.69. The molecule has 0 aromatic carbocycles. The maximum Gasteiger partial charge on any atom is 0.239 e. The van der Waals surface area contributed by atoms with Gasteiger partial charge in [-0.3, -0.25) is 5.43 Å². The fourth-order valence-electron chi connectivity index (χ4n) is 1.34. The quantitative estimate of drug-likeness (QED) is 0.577. The van der Waals surface area contributed by atoms with E-state index in [1.165, 1.54) is 0 Å². The molecule has 4 N–H and O–H groups in total. The highest BCUT2D eigenvalue weighted by Crippen LogP contribution is 2.20. The van der Waals surface area contributed by atoms with Gasteiger partial charge in [0.15, 0.2) is 0 Å². The summed E-state index contributed by atoms with van der Waals surface area (Å²) in [5.41, 5.74) is 3.28. The van der Waals surface area contributed by atoms with Crippen molar-refractivity contribution in [2.75, 3.05) is 10.7 Å². The van der Waals surface area contributed by atoms with Gasteiger partial charge in [-0.1, -0.05) is 0 Å². The van der Waals surface area contributed by atoms with Gasteiger partial charge in [-0.05, 0) is 28.9 Å². The van der Waals surface area contributed by atoms with Crippen LogP contribution in [0.1, 0.15) is 11.5 Å². The SMILES string of the molecule is Cc1nccc(CNc2nc(NN)ncc2Br)n1. The molecule has 2 aromatic rings. The highest BCUT2D eigenvalue weighted by Gasteiger charge is 2.04. The topological polar surface area (TPSA) is 102 Å². The lowest BCUT2D eigenvalue weighted by molar-refractivity contribution is 0.946. The molecule has 0 spiro atoms. The van der Waals surface area contributed by atoms with E-state index in [0.717, 1.165) is 16.0 Å². The molecule has 18 heavy (non-hydrogen) atoms. The summed E-state index contributed by atoms with van der Waals surface area (Å²) in [6, 6.07) is 1.84. The Labute approximate surface area is 112 Å². The van der Waals surface area contributed by atoms with Crippen molar-refractivity contribution >= 4 is 27.7 Å². The Morgan fingerprint density at radius 1 is 1.33 bits per heavy atom. The number of aryl methyl sites for hydroxylation is 1. The number of nitrogens with zero attached hydrogens (tertiary/aromatic N) is 4. The number of aromatic nitrogens is 4. The summed E-state index contributed by atoms with van der Waals surface area (Å²) in [5, 5.41) is 3.15. The number of nitrogens with one attached hydrogen (secondary N) is 2. The van der Waals surface area contributed by atoms with Gasteiger partial charge in [0.05, 0.1) is 16.7 Å². The van der Waals surface area contributed by atoms with Gasteiger partial charge >= 0.3 is 0 Å². The third kappa shape index (κ3) is 3.11. The zero-order valence-corrected chi connectivity index (χ0v) is 11.3. The number of hydrogen-bond acceptors (Lipinski definition) is 7. The summed E-state index contributed by atoms with van der Waals surface area (Å²) < 4.78 is 0.757. The molecule has 7 nitrogen and oxygen atoms in total. The first-order valence-electron chi connectivity index (χ1n) is 5.20. The average molecular weight is 310 g/mol. The van der Waals surface area contributed by atoms with Crippen LogP contribution in [-0.2, 0) is 6.54 Å². The Balaban J connectivity index is 2.10. The van der Waals surface area contributed by atoms with Crippen molar-refractivity contribution in [1.29, 1.82) is 0 Å². The van der Waals surface area contributed by atoms with E-state index in [0.29, 0.717) is 18.3 Å². The molecule has 94 valence electrons. The lowest BCUT2D eigenvalue weighted by Gasteiger charge is -2.08. The fourth-order valence-corrected chi connectivity index (χ4v) is 1.67. The first kappa shape index (κ1) is 12.7. The largest absolute Gasteiger partial charge is 0.363 e. The number of halogens is 1. The molecule has 0 aliphatic carbocycles. The molecule has 0 aliphatic rings. The Kier molecular flexibility index (Phi) is 4.00. The van der Waals surface area contributed by atoms with E-state index in [9.17, 15) is 0 Å². The number of hydrazine groups is 1. The zero-order chi connectivity index (χ0) is 13.0. The molecule has 0 atom stereocenters. The van der Waals surface area contributed by atoms with Crippen molar-refractivity contribution in [3.63, 3.8) is 0 Å². The van der Waals surface area contributed by atoms with E-state index in [1.54, 1.807) is 12.4 Å². The minimum Gasteiger partial charge on any atom is -0.363 e. The van der Waals surface area contributed by atoms with E-state index >= 15 is 0 Å². The summed E-state index contributed by atoms with van der Waals surface area (Å²) in [5.74, 6) is 6.99. The van der Waals surface area contributed by atoms with Gasteiger partial charge in [0.25, 0.3) is 0 Å². The number of rotatable bonds is 4. The predicted molar refractivity (Wildman–Crippen MR) is 71.6 cm³/mol. The third-order valence-corrected chi connectivity index (χ3v) is 2.72.